The normalized spacial score (nSPS) is 20.3. The summed E-state index contributed by atoms with van der Waals surface area (Å²) in [4.78, 5) is 0. The number of fused-ring (bicyclic) bond motifs is 1. The second-order valence-electron chi connectivity index (χ2n) is 4.38. The topological polar surface area (TPSA) is 0 Å². The van der Waals surface area contributed by atoms with E-state index in [0.29, 0.717) is 5.92 Å². The van der Waals surface area contributed by atoms with E-state index < -0.39 is 0 Å². The molecule has 0 heteroatoms. The van der Waals surface area contributed by atoms with Crippen LogP contribution in [0, 0.1) is 20.3 Å². The number of rotatable bonds is 0. The van der Waals surface area contributed by atoms with Crippen LogP contribution in [-0.2, 0) is 0 Å². The molecule has 1 aromatic rings. The summed E-state index contributed by atoms with van der Waals surface area (Å²) >= 11 is 0. The Bertz CT molecular complexity index is 397. The summed E-state index contributed by atoms with van der Waals surface area (Å²) in [6.45, 7) is 8.88. The van der Waals surface area contributed by atoms with E-state index in [4.69, 9.17) is 0 Å². The first-order valence-corrected chi connectivity index (χ1v) is 5.22. The SMILES string of the molecule is CC1=C[CH]c2cc(C)cc(C)c2C1C. The van der Waals surface area contributed by atoms with Gasteiger partial charge < -0.3 is 0 Å². The highest BCUT2D eigenvalue weighted by atomic mass is 14.2. The lowest BCUT2D eigenvalue weighted by Crippen LogP contribution is -2.07. The second-order valence-corrected chi connectivity index (χ2v) is 4.38. The van der Waals surface area contributed by atoms with Gasteiger partial charge in [0, 0.05) is 12.3 Å². The molecule has 0 amide bonds. The Morgan fingerprint density at radius 3 is 2.50 bits per heavy atom. The maximum absolute atomic E-state index is 2.29. The molecule has 1 aliphatic rings. The van der Waals surface area contributed by atoms with Gasteiger partial charge >= 0.3 is 0 Å². The van der Waals surface area contributed by atoms with Gasteiger partial charge in [0.25, 0.3) is 0 Å². The molecule has 0 aliphatic heterocycles. The highest BCUT2D eigenvalue weighted by molar-refractivity contribution is 5.52. The van der Waals surface area contributed by atoms with E-state index in [1.165, 1.54) is 27.8 Å². The monoisotopic (exact) mass is 185 g/mol. The van der Waals surface area contributed by atoms with Crippen LogP contribution in [0.1, 0.15) is 42.0 Å². The van der Waals surface area contributed by atoms with Crippen LogP contribution in [-0.4, -0.2) is 0 Å². The minimum Gasteiger partial charge on any atom is -0.0765 e. The average molecular weight is 185 g/mol. The van der Waals surface area contributed by atoms with Gasteiger partial charge in [0.1, 0.15) is 0 Å². The van der Waals surface area contributed by atoms with Crippen LogP contribution in [0.5, 0.6) is 0 Å². The van der Waals surface area contributed by atoms with Crippen LogP contribution in [0.25, 0.3) is 0 Å². The van der Waals surface area contributed by atoms with E-state index in [9.17, 15) is 0 Å². The minimum atomic E-state index is 0.579. The number of aryl methyl sites for hydroxylation is 2. The number of hydrogen-bond donors (Lipinski definition) is 0. The third-order valence-corrected chi connectivity index (χ3v) is 3.21. The van der Waals surface area contributed by atoms with E-state index >= 15 is 0 Å². The molecule has 73 valence electrons. The van der Waals surface area contributed by atoms with Gasteiger partial charge in [-0.3, -0.25) is 0 Å². The Balaban J connectivity index is 2.60. The molecule has 1 radical (unpaired) electrons. The van der Waals surface area contributed by atoms with Crippen molar-refractivity contribution in [2.45, 2.75) is 33.6 Å². The quantitative estimate of drug-likeness (QED) is 0.574. The van der Waals surface area contributed by atoms with E-state index in [-0.39, 0.29) is 0 Å². The van der Waals surface area contributed by atoms with E-state index in [2.05, 4.69) is 52.3 Å². The molecule has 14 heavy (non-hydrogen) atoms. The van der Waals surface area contributed by atoms with E-state index in [1.807, 2.05) is 0 Å². The molecule has 0 heterocycles. The molecule has 0 N–H and O–H groups in total. The van der Waals surface area contributed by atoms with Crippen LogP contribution >= 0.6 is 0 Å². The standard InChI is InChI=1S/C14H17/c1-9-7-11(3)14-12(4)10(2)5-6-13(14)8-9/h5-8,12H,1-4H3. The van der Waals surface area contributed by atoms with Gasteiger partial charge in [0.15, 0.2) is 0 Å². The predicted octanol–water partition coefficient (Wildman–Crippen LogP) is 3.92. The molecular weight excluding hydrogens is 168 g/mol. The molecule has 0 nitrogen and oxygen atoms in total. The van der Waals surface area contributed by atoms with Gasteiger partial charge in [0.2, 0.25) is 0 Å². The molecule has 0 spiro atoms. The first-order chi connectivity index (χ1) is 6.59. The second kappa shape index (κ2) is 3.27. The van der Waals surface area contributed by atoms with E-state index in [0.717, 1.165) is 0 Å². The summed E-state index contributed by atoms with van der Waals surface area (Å²) in [5.74, 6) is 0.579. The fraction of sp³-hybridized carbons (Fsp3) is 0.357. The molecule has 2 rings (SSSR count). The van der Waals surface area contributed by atoms with E-state index in [1.54, 1.807) is 0 Å². The Morgan fingerprint density at radius 1 is 1.07 bits per heavy atom. The molecule has 0 saturated heterocycles. The molecule has 1 atom stereocenters. The molecule has 1 aromatic carbocycles. The summed E-state index contributed by atoms with van der Waals surface area (Å²) in [7, 11) is 0. The summed E-state index contributed by atoms with van der Waals surface area (Å²) in [6, 6.07) is 4.56. The summed E-state index contributed by atoms with van der Waals surface area (Å²) in [5, 5.41) is 0. The first kappa shape index (κ1) is 9.51. The minimum absolute atomic E-state index is 0.579. The molecule has 0 fully saturated rings. The molecule has 1 unspecified atom stereocenters. The van der Waals surface area contributed by atoms with Crippen molar-refractivity contribution >= 4 is 0 Å². The third-order valence-electron chi connectivity index (χ3n) is 3.21. The number of benzene rings is 1. The van der Waals surface area contributed by atoms with Gasteiger partial charge in [-0.1, -0.05) is 36.3 Å². The van der Waals surface area contributed by atoms with Crippen LogP contribution in [0.2, 0.25) is 0 Å². The van der Waals surface area contributed by atoms with Crippen molar-refractivity contribution in [2.75, 3.05) is 0 Å². The molecular formula is C14H17. The lowest BCUT2D eigenvalue weighted by molar-refractivity contribution is 0.857. The highest BCUT2D eigenvalue weighted by Gasteiger charge is 2.18. The summed E-state index contributed by atoms with van der Waals surface area (Å²) in [5.41, 5.74) is 7.16. The summed E-state index contributed by atoms with van der Waals surface area (Å²) < 4.78 is 0. The Morgan fingerprint density at radius 2 is 1.79 bits per heavy atom. The lowest BCUT2D eigenvalue weighted by Gasteiger charge is -2.24. The van der Waals surface area contributed by atoms with Gasteiger partial charge in [-0.05, 0) is 37.5 Å². The Hall–Kier alpha value is -1.04. The van der Waals surface area contributed by atoms with Crippen LogP contribution < -0.4 is 0 Å². The van der Waals surface area contributed by atoms with Crippen molar-refractivity contribution in [1.82, 2.24) is 0 Å². The fourth-order valence-electron chi connectivity index (χ4n) is 2.33. The molecule has 1 aliphatic carbocycles. The smallest absolute Gasteiger partial charge is 0.0128 e. The van der Waals surface area contributed by atoms with Crippen LogP contribution in [0.15, 0.2) is 23.8 Å². The number of allylic oxidation sites excluding steroid dienone is 2. The third kappa shape index (κ3) is 1.39. The zero-order valence-corrected chi connectivity index (χ0v) is 9.39. The van der Waals surface area contributed by atoms with Crippen molar-refractivity contribution in [3.05, 3.63) is 52.5 Å². The average Bonchev–Trinajstić information content (AvgIpc) is 2.10. The largest absolute Gasteiger partial charge is 0.0765 e. The predicted molar refractivity (Wildman–Crippen MR) is 61.5 cm³/mol. The zero-order valence-electron chi connectivity index (χ0n) is 9.39. The Kier molecular flexibility index (Phi) is 2.22. The van der Waals surface area contributed by atoms with Crippen molar-refractivity contribution in [3.8, 4) is 0 Å². The van der Waals surface area contributed by atoms with Crippen molar-refractivity contribution in [2.24, 2.45) is 0 Å². The first-order valence-electron chi connectivity index (χ1n) is 5.22. The maximum Gasteiger partial charge on any atom is 0.0128 e. The maximum atomic E-state index is 2.29. The van der Waals surface area contributed by atoms with Crippen LogP contribution in [0.3, 0.4) is 0 Å². The van der Waals surface area contributed by atoms with Gasteiger partial charge in [0.05, 0.1) is 0 Å². The molecule has 0 aromatic heterocycles. The highest BCUT2D eigenvalue weighted by Crippen LogP contribution is 2.35. The van der Waals surface area contributed by atoms with Crippen molar-refractivity contribution < 1.29 is 0 Å². The number of hydrogen-bond acceptors (Lipinski definition) is 0. The van der Waals surface area contributed by atoms with Gasteiger partial charge in [-0.15, -0.1) is 0 Å². The molecule has 0 bridgehead atoms. The van der Waals surface area contributed by atoms with Crippen molar-refractivity contribution in [3.63, 3.8) is 0 Å². The lowest BCUT2D eigenvalue weighted by atomic mass is 9.81. The Labute approximate surface area is 86.7 Å². The summed E-state index contributed by atoms with van der Waals surface area (Å²) in [6.07, 6.45) is 4.48. The zero-order chi connectivity index (χ0) is 10.3. The van der Waals surface area contributed by atoms with Crippen molar-refractivity contribution in [1.29, 1.82) is 0 Å². The molecule has 0 saturated carbocycles. The fourth-order valence-corrected chi connectivity index (χ4v) is 2.33. The van der Waals surface area contributed by atoms with Gasteiger partial charge in [-0.25, -0.2) is 0 Å². The van der Waals surface area contributed by atoms with Crippen LogP contribution in [0.4, 0.5) is 0 Å². The van der Waals surface area contributed by atoms with Gasteiger partial charge in [-0.2, -0.15) is 0 Å².